The van der Waals surface area contributed by atoms with Crippen LogP contribution >= 0.6 is 11.6 Å². The summed E-state index contributed by atoms with van der Waals surface area (Å²) in [6.45, 7) is 3.75. The molecule has 0 bridgehead atoms. The quantitative estimate of drug-likeness (QED) is 0.599. The van der Waals surface area contributed by atoms with Crippen LogP contribution in [0.2, 0.25) is 5.02 Å². The smallest absolute Gasteiger partial charge is 0.239 e. The molecular weight excluding hydrogens is 296 g/mol. The Morgan fingerprint density at radius 2 is 2.15 bits per heavy atom. The maximum atomic E-state index is 12.0. The van der Waals surface area contributed by atoms with Gasteiger partial charge in [-0.2, -0.15) is 0 Å². The van der Waals surface area contributed by atoms with E-state index in [-0.39, 0.29) is 5.91 Å². The molecule has 0 aliphatic rings. The first-order valence-corrected chi connectivity index (χ1v) is 8.44. The number of carbonyl (C=O) groups excluding carboxylic acids is 1. The van der Waals surface area contributed by atoms with Crippen LogP contribution in [0.5, 0.6) is 0 Å². The molecule has 6 heteroatoms. The van der Waals surface area contributed by atoms with Crippen molar-refractivity contribution in [1.82, 2.24) is 0 Å². The monoisotopic (exact) mass is 316 g/mol. The minimum Gasteiger partial charge on any atom is -0.397 e. The molecule has 2 unspecified atom stereocenters. The summed E-state index contributed by atoms with van der Waals surface area (Å²) in [5, 5.41) is 2.61. The average Bonchev–Trinajstić information content (AvgIpc) is 2.42. The highest BCUT2D eigenvalue weighted by molar-refractivity contribution is 7.86. The SMILES string of the molecule is CCCCCS(=O)C(C)C(=O)Nc1cc(Cl)ccc1N. The first-order valence-electron chi connectivity index (χ1n) is 6.68. The topological polar surface area (TPSA) is 72.2 Å². The number of amides is 1. The van der Waals surface area contributed by atoms with Crippen molar-refractivity contribution >= 4 is 39.7 Å². The van der Waals surface area contributed by atoms with Crippen molar-refractivity contribution < 1.29 is 9.00 Å². The van der Waals surface area contributed by atoms with Crippen LogP contribution in [0.1, 0.15) is 33.1 Å². The fraction of sp³-hybridized carbons (Fsp3) is 0.500. The van der Waals surface area contributed by atoms with Gasteiger partial charge in [-0.25, -0.2) is 0 Å². The summed E-state index contributed by atoms with van der Waals surface area (Å²) in [7, 11) is -1.17. The van der Waals surface area contributed by atoms with E-state index in [1.165, 1.54) is 0 Å². The number of unbranched alkanes of at least 4 members (excludes halogenated alkanes) is 2. The maximum absolute atomic E-state index is 12.0. The molecule has 0 aromatic heterocycles. The molecule has 1 aromatic rings. The van der Waals surface area contributed by atoms with Crippen LogP contribution in [0.4, 0.5) is 11.4 Å². The third kappa shape index (κ3) is 5.13. The molecule has 20 heavy (non-hydrogen) atoms. The number of nitrogens with one attached hydrogen (secondary N) is 1. The predicted octanol–water partition coefficient (Wildman–Crippen LogP) is 3.19. The minimum atomic E-state index is -1.17. The van der Waals surface area contributed by atoms with Crippen molar-refractivity contribution in [2.45, 2.75) is 38.4 Å². The van der Waals surface area contributed by atoms with Gasteiger partial charge in [0.05, 0.1) is 11.4 Å². The lowest BCUT2D eigenvalue weighted by Gasteiger charge is -2.13. The summed E-state index contributed by atoms with van der Waals surface area (Å²) >= 11 is 5.86. The molecule has 0 saturated heterocycles. The molecule has 0 spiro atoms. The van der Waals surface area contributed by atoms with E-state index in [4.69, 9.17) is 17.3 Å². The van der Waals surface area contributed by atoms with Crippen LogP contribution in [0.3, 0.4) is 0 Å². The second-order valence-corrected chi connectivity index (χ2v) is 6.97. The normalized spacial score (nSPS) is 13.8. The Hall–Kier alpha value is -1.07. The molecule has 0 saturated carbocycles. The van der Waals surface area contributed by atoms with Gasteiger partial charge in [-0.15, -0.1) is 0 Å². The largest absolute Gasteiger partial charge is 0.397 e. The summed E-state index contributed by atoms with van der Waals surface area (Å²) in [5.74, 6) is 0.252. The van der Waals surface area contributed by atoms with E-state index in [0.717, 1.165) is 19.3 Å². The number of carbonyl (C=O) groups is 1. The lowest BCUT2D eigenvalue weighted by Crippen LogP contribution is -2.30. The van der Waals surface area contributed by atoms with E-state index in [1.54, 1.807) is 25.1 Å². The van der Waals surface area contributed by atoms with Crippen LogP contribution in [-0.2, 0) is 15.6 Å². The number of rotatable bonds is 7. The average molecular weight is 317 g/mol. The van der Waals surface area contributed by atoms with E-state index < -0.39 is 16.0 Å². The number of halogens is 1. The van der Waals surface area contributed by atoms with Gasteiger partial charge in [0.25, 0.3) is 0 Å². The van der Waals surface area contributed by atoms with Crippen LogP contribution in [-0.4, -0.2) is 21.1 Å². The Balaban J connectivity index is 2.61. The van der Waals surface area contributed by atoms with Gasteiger partial charge >= 0.3 is 0 Å². The zero-order chi connectivity index (χ0) is 15.1. The Labute approximate surface area is 127 Å². The summed E-state index contributed by atoms with van der Waals surface area (Å²) in [6.07, 6.45) is 2.97. The summed E-state index contributed by atoms with van der Waals surface area (Å²) in [6, 6.07) is 4.86. The number of nitrogens with two attached hydrogens (primary N) is 1. The van der Waals surface area contributed by atoms with Crippen molar-refractivity contribution in [2.24, 2.45) is 0 Å². The van der Waals surface area contributed by atoms with Crippen molar-refractivity contribution in [3.8, 4) is 0 Å². The molecule has 4 nitrogen and oxygen atoms in total. The number of hydrogen-bond donors (Lipinski definition) is 2. The fourth-order valence-corrected chi connectivity index (χ4v) is 2.97. The number of anilines is 2. The van der Waals surface area contributed by atoms with Crippen LogP contribution in [0.15, 0.2) is 18.2 Å². The molecule has 1 rings (SSSR count). The third-order valence-corrected chi connectivity index (χ3v) is 4.91. The maximum Gasteiger partial charge on any atom is 0.239 e. The molecule has 1 amide bonds. The van der Waals surface area contributed by atoms with Crippen molar-refractivity contribution in [3.05, 3.63) is 23.2 Å². The lowest BCUT2D eigenvalue weighted by atomic mass is 10.2. The first kappa shape index (κ1) is 17.0. The molecule has 0 aliphatic carbocycles. The second-order valence-electron chi connectivity index (χ2n) is 4.66. The molecule has 112 valence electrons. The minimum absolute atomic E-state index is 0.297. The number of benzene rings is 1. The van der Waals surface area contributed by atoms with Crippen molar-refractivity contribution in [1.29, 1.82) is 0 Å². The van der Waals surface area contributed by atoms with Crippen molar-refractivity contribution in [3.63, 3.8) is 0 Å². The lowest BCUT2D eigenvalue weighted by molar-refractivity contribution is -0.115. The van der Waals surface area contributed by atoms with Gasteiger partial charge in [0.1, 0.15) is 5.25 Å². The molecule has 0 aliphatic heterocycles. The highest BCUT2D eigenvalue weighted by atomic mass is 35.5. The first-order chi connectivity index (χ1) is 9.45. The molecular formula is C14H21ClN2O2S. The Bertz CT molecular complexity index is 494. The van der Waals surface area contributed by atoms with E-state index >= 15 is 0 Å². The highest BCUT2D eigenvalue weighted by Gasteiger charge is 2.20. The van der Waals surface area contributed by atoms with Crippen LogP contribution in [0, 0.1) is 0 Å². The molecule has 0 heterocycles. The van der Waals surface area contributed by atoms with Gasteiger partial charge in [-0.1, -0.05) is 31.4 Å². The van der Waals surface area contributed by atoms with E-state index in [2.05, 4.69) is 12.2 Å². The number of hydrogen-bond acceptors (Lipinski definition) is 3. The third-order valence-electron chi connectivity index (χ3n) is 2.99. The Kier molecular flexibility index (Phi) is 7.02. The standard InChI is InChI=1S/C14H21ClN2O2S/c1-3-4-5-8-20(19)10(2)14(18)17-13-9-11(15)6-7-12(13)16/h6-7,9-10H,3-5,8,16H2,1-2H3,(H,17,18). The van der Waals surface area contributed by atoms with Crippen molar-refractivity contribution in [2.75, 3.05) is 16.8 Å². The zero-order valence-electron chi connectivity index (χ0n) is 11.8. The van der Waals surface area contributed by atoms with Gasteiger partial charge in [0.2, 0.25) is 5.91 Å². The van der Waals surface area contributed by atoms with Gasteiger partial charge in [-0.05, 0) is 31.5 Å². The molecule has 3 N–H and O–H groups in total. The van der Waals surface area contributed by atoms with Crippen LogP contribution < -0.4 is 11.1 Å². The fourth-order valence-electron chi connectivity index (χ4n) is 1.66. The Morgan fingerprint density at radius 3 is 2.80 bits per heavy atom. The second kappa shape index (κ2) is 8.27. The van der Waals surface area contributed by atoms with Gasteiger partial charge in [0, 0.05) is 21.6 Å². The Morgan fingerprint density at radius 1 is 1.45 bits per heavy atom. The van der Waals surface area contributed by atoms with Gasteiger partial charge in [-0.3, -0.25) is 9.00 Å². The van der Waals surface area contributed by atoms with Crippen LogP contribution in [0.25, 0.3) is 0 Å². The zero-order valence-corrected chi connectivity index (χ0v) is 13.4. The van der Waals surface area contributed by atoms with E-state index in [0.29, 0.717) is 22.2 Å². The van der Waals surface area contributed by atoms with Gasteiger partial charge in [0.15, 0.2) is 0 Å². The summed E-state index contributed by atoms with van der Waals surface area (Å²) in [5.41, 5.74) is 6.66. The predicted molar refractivity (Wildman–Crippen MR) is 86.5 cm³/mol. The number of nitrogen functional groups attached to an aromatic ring is 1. The van der Waals surface area contributed by atoms with E-state index in [9.17, 15) is 9.00 Å². The molecule has 2 atom stereocenters. The highest BCUT2D eigenvalue weighted by Crippen LogP contribution is 2.23. The molecule has 1 aromatic carbocycles. The van der Waals surface area contributed by atoms with E-state index in [1.807, 2.05) is 0 Å². The van der Waals surface area contributed by atoms with Gasteiger partial charge < -0.3 is 11.1 Å². The molecule has 0 radical (unpaired) electrons. The summed E-state index contributed by atoms with van der Waals surface area (Å²) < 4.78 is 12.0. The summed E-state index contributed by atoms with van der Waals surface area (Å²) in [4.78, 5) is 12.0. The molecule has 0 fully saturated rings.